The highest BCUT2D eigenvalue weighted by atomic mass is 16.3. The fourth-order valence-electron chi connectivity index (χ4n) is 4.50. The highest BCUT2D eigenvalue weighted by molar-refractivity contribution is 6.22. The molecule has 0 unspecified atom stereocenters. The number of rotatable bonds is 2. The number of furan rings is 1. The van der Waals surface area contributed by atoms with Crippen molar-refractivity contribution in [2.45, 2.75) is 0 Å². The summed E-state index contributed by atoms with van der Waals surface area (Å²) in [5.74, 6) is 0. The molecular formula is C32H20O. The summed E-state index contributed by atoms with van der Waals surface area (Å²) in [6.07, 6.45) is 0. The quantitative estimate of drug-likeness (QED) is 0.249. The highest BCUT2D eigenvalue weighted by Crippen LogP contribution is 2.44. The van der Waals surface area contributed by atoms with Crippen molar-refractivity contribution in [2.24, 2.45) is 0 Å². The lowest BCUT2D eigenvalue weighted by Crippen LogP contribution is -1.90. The van der Waals surface area contributed by atoms with E-state index in [4.69, 9.17) is 18.1 Å². The first-order chi connectivity index (χ1) is 20.9. The Bertz CT molecular complexity index is 2330. The Morgan fingerprint density at radius 1 is 0.455 bits per heavy atom. The van der Waals surface area contributed by atoms with E-state index in [0.717, 1.165) is 5.56 Å². The molecule has 1 nitrogen and oxygen atoms in total. The van der Waals surface area contributed by atoms with Crippen LogP contribution in [0.25, 0.3) is 65.7 Å². The van der Waals surface area contributed by atoms with Crippen molar-refractivity contribution < 1.29 is 19.5 Å². The van der Waals surface area contributed by atoms with E-state index in [-0.39, 0.29) is 63.3 Å². The maximum Gasteiger partial charge on any atom is 0.135 e. The maximum atomic E-state index is 9.38. The van der Waals surface area contributed by atoms with E-state index < -0.39 is 36.3 Å². The molecule has 0 amide bonds. The summed E-state index contributed by atoms with van der Waals surface area (Å²) in [7, 11) is 0. The summed E-state index contributed by atoms with van der Waals surface area (Å²) in [6, 6.07) is 11.8. The molecule has 0 aliphatic carbocycles. The van der Waals surface area contributed by atoms with Gasteiger partial charge in [-0.3, -0.25) is 0 Å². The van der Waals surface area contributed by atoms with Gasteiger partial charge < -0.3 is 4.42 Å². The maximum absolute atomic E-state index is 9.38. The van der Waals surface area contributed by atoms with Crippen molar-refractivity contribution in [2.75, 3.05) is 0 Å². The van der Waals surface area contributed by atoms with Gasteiger partial charge in [0.25, 0.3) is 0 Å². The van der Waals surface area contributed by atoms with Gasteiger partial charge >= 0.3 is 0 Å². The van der Waals surface area contributed by atoms with Crippen LogP contribution >= 0.6 is 0 Å². The third-order valence-electron chi connectivity index (χ3n) is 5.89. The SMILES string of the molecule is [2H]c1cc2c(-c3ccccc3)c3cc([2H])c([2H])cc3c(-c3c([2H])c([2H])c4oc5c([2H])c([2H])c([2H])c([2H])c5c4c3[2H])c2cc1[2H]. The van der Waals surface area contributed by atoms with Gasteiger partial charge in [-0.05, 0) is 61.9 Å². The minimum atomic E-state index is -0.528. The number of hydrogen-bond donors (Lipinski definition) is 0. The first-order valence-electron chi connectivity index (χ1n) is 15.9. The topological polar surface area (TPSA) is 13.1 Å². The molecule has 0 N–H and O–H groups in total. The van der Waals surface area contributed by atoms with E-state index in [1.807, 2.05) is 30.3 Å². The van der Waals surface area contributed by atoms with Gasteiger partial charge in [0, 0.05) is 10.8 Å². The van der Waals surface area contributed by atoms with E-state index in [2.05, 4.69) is 0 Å². The Kier molecular flexibility index (Phi) is 2.25. The van der Waals surface area contributed by atoms with Crippen LogP contribution in [0.4, 0.5) is 0 Å². The minimum Gasteiger partial charge on any atom is -0.456 e. The minimum absolute atomic E-state index is 0.0529. The van der Waals surface area contributed by atoms with E-state index in [9.17, 15) is 1.37 Å². The molecule has 0 aliphatic heterocycles. The molecule has 154 valence electrons. The van der Waals surface area contributed by atoms with Crippen LogP contribution < -0.4 is 0 Å². The fourth-order valence-corrected chi connectivity index (χ4v) is 4.50. The number of hydrogen-bond acceptors (Lipinski definition) is 1. The van der Waals surface area contributed by atoms with Crippen molar-refractivity contribution in [1.82, 2.24) is 0 Å². The van der Waals surface area contributed by atoms with Crippen molar-refractivity contribution in [1.29, 1.82) is 0 Å². The average molecular weight is 432 g/mol. The Morgan fingerprint density at radius 3 is 1.70 bits per heavy atom. The zero-order chi connectivity index (χ0) is 31.4. The smallest absolute Gasteiger partial charge is 0.135 e. The molecule has 6 aromatic carbocycles. The van der Waals surface area contributed by atoms with Crippen LogP contribution in [0.15, 0.2) is 125 Å². The highest BCUT2D eigenvalue weighted by Gasteiger charge is 2.17. The third-order valence-corrected chi connectivity index (χ3v) is 5.89. The molecule has 1 aromatic heterocycles. The van der Waals surface area contributed by atoms with E-state index in [0.29, 0.717) is 27.1 Å². The summed E-state index contributed by atoms with van der Waals surface area (Å²) < 4.78 is 100. The van der Waals surface area contributed by atoms with E-state index in [1.165, 1.54) is 24.3 Å². The largest absolute Gasteiger partial charge is 0.456 e. The molecule has 0 saturated heterocycles. The standard InChI is InChI=1S/C32H20O/c1-2-10-21(11-3-1)31-24-13-4-6-15-26(24)32(27-16-7-5-14-25(27)31)22-18-19-30-28(20-22)23-12-8-9-17-29(23)33-30/h1-20H/i4D,5D,6D,7D,8D,9D,12D,17D,18D,19D,20D. The lowest BCUT2D eigenvalue weighted by atomic mass is 9.86. The molecule has 0 bridgehead atoms. The number of fused-ring (bicyclic) bond motifs is 5. The monoisotopic (exact) mass is 431 g/mol. The normalized spacial score (nSPS) is 16.3. The molecule has 0 radical (unpaired) electrons. The van der Waals surface area contributed by atoms with Crippen LogP contribution in [0.2, 0.25) is 0 Å². The molecule has 0 spiro atoms. The van der Waals surface area contributed by atoms with E-state index in [1.54, 1.807) is 0 Å². The van der Waals surface area contributed by atoms with Crippen LogP contribution in [0.1, 0.15) is 15.1 Å². The Morgan fingerprint density at radius 2 is 1.03 bits per heavy atom. The molecule has 0 atom stereocenters. The molecule has 0 fully saturated rings. The van der Waals surface area contributed by atoms with Crippen LogP contribution in [-0.2, 0) is 0 Å². The number of para-hydroxylation sites is 1. The fraction of sp³-hybridized carbons (Fsp3) is 0. The van der Waals surface area contributed by atoms with Crippen molar-refractivity contribution in [3.8, 4) is 22.3 Å². The van der Waals surface area contributed by atoms with Crippen molar-refractivity contribution in [3.63, 3.8) is 0 Å². The number of benzene rings is 6. The van der Waals surface area contributed by atoms with Crippen LogP contribution in [0.5, 0.6) is 0 Å². The first kappa shape index (κ1) is 10.5. The van der Waals surface area contributed by atoms with Crippen molar-refractivity contribution >= 4 is 43.5 Å². The molecule has 0 saturated carbocycles. The third kappa shape index (κ3) is 2.73. The molecule has 33 heavy (non-hydrogen) atoms. The van der Waals surface area contributed by atoms with Gasteiger partial charge in [-0.15, -0.1) is 0 Å². The average Bonchev–Trinajstić information content (AvgIpc) is 3.41. The second-order valence-corrected chi connectivity index (χ2v) is 7.69. The second kappa shape index (κ2) is 7.08. The Hall–Kier alpha value is -4.36. The lowest BCUT2D eigenvalue weighted by molar-refractivity contribution is 0.669. The zero-order valence-corrected chi connectivity index (χ0v) is 17.1. The summed E-state index contributed by atoms with van der Waals surface area (Å²) in [5, 5.41) is 1.68. The van der Waals surface area contributed by atoms with Gasteiger partial charge in [0.15, 0.2) is 0 Å². The second-order valence-electron chi connectivity index (χ2n) is 7.69. The first-order valence-corrected chi connectivity index (χ1v) is 10.4. The summed E-state index contributed by atoms with van der Waals surface area (Å²) in [6.45, 7) is 0. The van der Waals surface area contributed by atoms with Crippen molar-refractivity contribution in [3.05, 3.63) is 121 Å². The van der Waals surface area contributed by atoms with Crippen LogP contribution in [0.3, 0.4) is 0 Å². The Balaban J connectivity index is 1.77. The predicted octanol–water partition coefficient (Wildman–Crippen LogP) is 9.23. The molecule has 7 aromatic rings. The summed E-state index contributed by atoms with van der Waals surface area (Å²) >= 11 is 0. The molecule has 1 heteroatoms. The molecule has 7 rings (SSSR count). The molecule has 0 aliphatic rings. The molecule has 1 heterocycles. The molecular weight excluding hydrogens is 400 g/mol. The lowest BCUT2D eigenvalue weighted by Gasteiger charge is -2.17. The van der Waals surface area contributed by atoms with Crippen LogP contribution in [0, 0.1) is 0 Å². The van der Waals surface area contributed by atoms with E-state index >= 15 is 0 Å². The Labute approximate surface area is 207 Å². The predicted molar refractivity (Wildman–Crippen MR) is 140 cm³/mol. The van der Waals surface area contributed by atoms with Gasteiger partial charge in [-0.25, -0.2) is 0 Å². The van der Waals surface area contributed by atoms with Gasteiger partial charge in [-0.1, -0.05) is 103 Å². The summed E-state index contributed by atoms with van der Waals surface area (Å²) in [5.41, 5.74) is 1.16. The zero-order valence-electron chi connectivity index (χ0n) is 28.1. The van der Waals surface area contributed by atoms with Gasteiger partial charge in [0.1, 0.15) is 11.2 Å². The summed E-state index contributed by atoms with van der Waals surface area (Å²) in [4.78, 5) is 0. The van der Waals surface area contributed by atoms with Gasteiger partial charge in [0.2, 0.25) is 0 Å². The van der Waals surface area contributed by atoms with Gasteiger partial charge in [-0.2, -0.15) is 0 Å². The van der Waals surface area contributed by atoms with Crippen LogP contribution in [-0.4, -0.2) is 0 Å². The van der Waals surface area contributed by atoms with Gasteiger partial charge in [0.05, 0.1) is 15.1 Å².